The first-order valence-electron chi connectivity index (χ1n) is 3.48. The number of carbonyl (C=O) groups is 1. The van der Waals surface area contributed by atoms with Crippen LogP contribution in [0.4, 0.5) is 4.79 Å². The van der Waals surface area contributed by atoms with Gasteiger partial charge in [-0.15, -0.1) is 0 Å². The minimum atomic E-state index is -0.843. The molecule has 1 N–H and O–H groups in total. The van der Waals surface area contributed by atoms with Crippen molar-refractivity contribution in [2.24, 2.45) is 0 Å². The van der Waals surface area contributed by atoms with Gasteiger partial charge in [0.05, 0.1) is 0 Å². The Morgan fingerprint density at radius 3 is 1.45 bits per heavy atom. The summed E-state index contributed by atoms with van der Waals surface area (Å²) in [5.41, 5.74) is 0. The van der Waals surface area contributed by atoms with Gasteiger partial charge in [-0.3, -0.25) is 0 Å². The first-order chi connectivity index (χ1) is 4.46. The Morgan fingerprint density at radius 1 is 1.18 bits per heavy atom. The predicted molar refractivity (Wildman–Crippen MR) is 40.1 cm³/mol. The van der Waals surface area contributed by atoms with Crippen LogP contribution in [0.15, 0.2) is 0 Å². The van der Waals surface area contributed by atoms with E-state index in [0.29, 0.717) is 0 Å². The molecule has 0 atom stereocenters. The van der Waals surface area contributed by atoms with Crippen LogP contribution in [0.25, 0.3) is 0 Å². The molecule has 0 aliphatic rings. The molecule has 0 aliphatic carbocycles. The summed E-state index contributed by atoms with van der Waals surface area (Å²) in [7, 11) is 0. The van der Waals surface area contributed by atoms with E-state index in [4.69, 9.17) is 5.11 Å². The summed E-state index contributed by atoms with van der Waals surface area (Å²) in [5.74, 6) is 0. The minimum absolute atomic E-state index is 0. The molecule has 11 heavy (non-hydrogen) atoms. The van der Waals surface area contributed by atoms with Crippen molar-refractivity contribution in [3.8, 4) is 0 Å². The second kappa shape index (κ2) is 6.17. The van der Waals surface area contributed by atoms with Gasteiger partial charge in [0.1, 0.15) is 0 Å². The Balaban J connectivity index is 0. The van der Waals surface area contributed by atoms with E-state index >= 15 is 0 Å². The van der Waals surface area contributed by atoms with Crippen LogP contribution in [0, 0.1) is 40.8 Å². The molecule has 0 heterocycles. The van der Waals surface area contributed by atoms with Gasteiger partial charge in [0.15, 0.2) is 0 Å². The van der Waals surface area contributed by atoms with Crippen molar-refractivity contribution in [1.29, 1.82) is 0 Å². The van der Waals surface area contributed by atoms with Crippen molar-refractivity contribution >= 4 is 6.09 Å². The van der Waals surface area contributed by atoms with Crippen LogP contribution in [0.3, 0.4) is 0 Å². The van der Waals surface area contributed by atoms with Gasteiger partial charge in [0.2, 0.25) is 0 Å². The molecule has 0 bridgehead atoms. The Labute approximate surface area is 101 Å². The van der Waals surface area contributed by atoms with Crippen LogP contribution in [0.1, 0.15) is 27.7 Å². The number of nitrogens with zero attached hydrogens (tertiary/aromatic N) is 1. The third kappa shape index (κ3) is 4.96. The molecule has 0 unspecified atom stereocenters. The minimum Gasteiger partial charge on any atom is -0.465 e. The van der Waals surface area contributed by atoms with Gasteiger partial charge in [-0.25, -0.2) is 4.79 Å². The summed E-state index contributed by atoms with van der Waals surface area (Å²) in [5, 5.41) is 8.64. The summed E-state index contributed by atoms with van der Waals surface area (Å²) in [6, 6.07) is 0.134. The Bertz CT molecular complexity index is 118. The normalized spacial score (nSPS) is 9.64. The van der Waals surface area contributed by atoms with Gasteiger partial charge in [-0.2, -0.15) is 0 Å². The molecule has 0 rings (SSSR count). The van der Waals surface area contributed by atoms with Crippen molar-refractivity contribution in [2.75, 3.05) is 0 Å². The largest absolute Gasteiger partial charge is 0.465 e. The Hall–Kier alpha value is 0.621. The number of hydrogen-bond donors (Lipinski definition) is 1. The van der Waals surface area contributed by atoms with Gasteiger partial charge in [-0.05, 0) is 27.7 Å². The molecule has 0 spiro atoms. The third-order valence-electron chi connectivity index (χ3n) is 1.33. The zero-order valence-electron chi connectivity index (χ0n) is 7.46. The Kier molecular flexibility index (Phi) is 7.95. The zero-order chi connectivity index (χ0) is 8.31. The van der Waals surface area contributed by atoms with Crippen molar-refractivity contribution in [3.63, 3.8) is 0 Å². The van der Waals surface area contributed by atoms with E-state index in [9.17, 15) is 4.79 Å². The summed E-state index contributed by atoms with van der Waals surface area (Å²) < 4.78 is 0. The monoisotopic (exact) mass is 287 g/mol. The average molecular weight is 289 g/mol. The second-order valence-corrected chi connectivity index (χ2v) is 2.88. The number of hydrogen-bond acceptors (Lipinski definition) is 1. The second-order valence-electron chi connectivity index (χ2n) is 2.88. The fourth-order valence-corrected chi connectivity index (χ4v) is 1.04. The van der Waals surface area contributed by atoms with E-state index in [2.05, 4.69) is 0 Å². The van der Waals surface area contributed by atoms with E-state index in [-0.39, 0.29) is 52.9 Å². The average Bonchev–Trinajstić information content (AvgIpc) is 1.59. The quantitative estimate of drug-likeness (QED) is 0.842. The maximum atomic E-state index is 10.5. The smallest absolute Gasteiger partial charge is 0.407 e. The first kappa shape index (κ1) is 14.2. The van der Waals surface area contributed by atoms with Crippen molar-refractivity contribution in [3.05, 3.63) is 0 Å². The van der Waals surface area contributed by atoms with Crippen LogP contribution < -0.4 is 0 Å². The van der Waals surface area contributed by atoms with Crippen LogP contribution in [0.2, 0.25) is 0 Å². The van der Waals surface area contributed by atoms with Crippen molar-refractivity contribution in [2.45, 2.75) is 39.8 Å². The zero-order valence-corrected chi connectivity index (χ0v) is 10.7. The first-order valence-corrected chi connectivity index (χ1v) is 3.48. The fraction of sp³-hybridized carbons (Fsp3) is 0.857. The number of amides is 1. The van der Waals surface area contributed by atoms with Crippen LogP contribution in [-0.4, -0.2) is 28.2 Å². The molecule has 0 radical (unpaired) electrons. The molecule has 64 valence electrons. The maximum Gasteiger partial charge on any atom is 0.407 e. The summed E-state index contributed by atoms with van der Waals surface area (Å²) in [6.07, 6.45) is -0.843. The molecular weight excluding hydrogens is 274 g/mol. The summed E-state index contributed by atoms with van der Waals surface area (Å²) in [4.78, 5) is 11.9. The summed E-state index contributed by atoms with van der Waals surface area (Å²) >= 11 is 0. The van der Waals surface area contributed by atoms with E-state index in [0.717, 1.165) is 0 Å². The van der Waals surface area contributed by atoms with Gasteiger partial charge in [0, 0.05) is 52.9 Å². The molecule has 0 aromatic heterocycles. The van der Waals surface area contributed by atoms with Gasteiger partial charge in [0.25, 0.3) is 0 Å². The fourth-order valence-electron chi connectivity index (χ4n) is 1.04. The molecular formula is C7H15NNdO2. The molecule has 0 fully saturated rings. The van der Waals surface area contributed by atoms with Crippen LogP contribution >= 0.6 is 0 Å². The predicted octanol–water partition coefficient (Wildman–Crippen LogP) is 1.78. The van der Waals surface area contributed by atoms with E-state index in [1.165, 1.54) is 4.90 Å². The molecule has 0 saturated heterocycles. The van der Waals surface area contributed by atoms with Gasteiger partial charge >= 0.3 is 6.09 Å². The van der Waals surface area contributed by atoms with Gasteiger partial charge in [-0.1, -0.05) is 0 Å². The SMILES string of the molecule is CC(C)N(C(=O)O)C(C)C.[Nd]. The molecule has 0 aromatic rings. The van der Waals surface area contributed by atoms with Gasteiger partial charge < -0.3 is 10.0 Å². The van der Waals surface area contributed by atoms with E-state index in [1.54, 1.807) is 0 Å². The molecule has 0 aromatic carbocycles. The molecule has 3 nitrogen and oxygen atoms in total. The standard InChI is InChI=1S/C7H15NO2.Nd/c1-5(2)8(6(3)4)7(9)10;/h5-6H,1-4H3,(H,9,10);. The number of rotatable bonds is 2. The number of carboxylic acid groups (broad SMARTS) is 1. The maximum absolute atomic E-state index is 10.5. The van der Waals surface area contributed by atoms with Crippen LogP contribution in [-0.2, 0) is 0 Å². The van der Waals surface area contributed by atoms with Crippen molar-refractivity contribution < 1.29 is 50.7 Å². The van der Waals surface area contributed by atoms with Crippen LogP contribution in [0.5, 0.6) is 0 Å². The van der Waals surface area contributed by atoms with E-state index in [1.807, 2.05) is 27.7 Å². The molecule has 1 amide bonds. The molecule has 0 aliphatic heterocycles. The topological polar surface area (TPSA) is 40.5 Å². The third-order valence-corrected chi connectivity index (χ3v) is 1.33. The summed E-state index contributed by atoms with van der Waals surface area (Å²) in [6.45, 7) is 7.48. The molecule has 0 saturated carbocycles. The van der Waals surface area contributed by atoms with Crippen molar-refractivity contribution in [1.82, 2.24) is 4.90 Å². The molecule has 4 heteroatoms. The Morgan fingerprint density at radius 2 is 1.45 bits per heavy atom. The van der Waals surface area contributed by atoms with E-state index < -0.39 is 6.09 Å².